The van der Waals surface area contributed by atoms with Gasteiger partial charge in [0.2, 0.25) is 11.8 Å². The SMILES string of the molecule is Cc1nnc(-c2ccc(Oc3cc(OC4CCN(C(C)C)C4=O)cc(C(=O)Nc4ncc(C(=O)O)s4)c3)cc2)o1. The fourth-order valence-corrected chi connectivity index (χ4v) is 4.76. The number of nitrogens with one attached hydrogen (secondary N) is 1. The number of hydrogen-bond donors (Lipinski definition) is 2. The number of amides is 2. The van der Waals surface area contributed by atoms with Crippen LogP contribution in [0.1, 0.15) is 46.2 Å². The number of aromatic carboxylic acids is 1. The molecule has 2 amide bonds. The smallest absolute Gasteiger partial charge is 0.347 e. The minimum absolute atomic E-state index is 0.00926. The normalized spacial score (nSPS) is 14.9. The number of aryl methyl sites for hydroxylation is 1. The van der Waals surface area contributed by atoms with E-state index in [0.29, 0.717) is 41.8 Å². The van der Waals surface area contributed by atoms with E-state index in [-0.39, 0.29) is 33.3 Å². The first-order valence-electron chi connectivity index (χ1n) is 12.4. The Labute approximate surface area is 232 Å². The number of ether oxygens (including phenoxy) is 2. The van der Waals surface area contributed by atoms with Gasteiger partial charge >= 0.3 is 5.97 Å². The van der Waals surface area contributed by atoms with Crippen molar-refractivity contribution in [3.8, 4) is 28.7 Å². The molecule has 2 aromatic carbocycles. The van der Waals surface area contributed by atoms with E-state index in [1.54, 1.807) is 42.2 Å². The molecule has 1 saturated heterocycles. The minimum Gasteiger partial charge on any atom is -0.480 e. The van der Waals surface area contributed by atoms with Gasteiger partial charge in [0.05, 0.1) is 6.20 Å². The van der Waals surface area contributed by atoms with Crippen molar-refractivity contribution in [3.63, 3.8) is 0 Å². The molecule has 3 heterocycles. The first-order valence-corrected chi connectivity index (χ1v) is 13.2. The lowest BCUT2D eigenvalue weighted by Gasteiger charge is -2.21. The highest BCUT2D eigenvalue weighted by molar-refractivity contribution is 7.17. The zero-order valence-corrected chi connectivity index (χ0v) is 22.6. The number of rotatable bonds is 9. The van der Waals surface area contributed by atoms with Crippen molar-refractivity contribution in [2.24, 2.45) is 0 Å². The Morgan fingerprint density at radius 2 is 1.88 bits per heavy atom. The van der Waals surface area contributed by atoms with E-state index in [2.05, 4.69) is 20.5 Å². The lowest BCUT2D eigenvalue weighted by molar-refractivity contribution is -0.134. The molecule has 206 valence electrons. The van der Waals surface area contributed by atoms with E-state index in [0.717, 1.165) is 11.3 Å². The Hall–Kier alpha value is -4.78. The van der Waals surface area contributed by atoms with Gasteiger partial charge in [0, 0.05) is 43.1 Å². The number of carboxylic acids is 1. The zero-order chi connectivity index (χ0) is 28.4. The van der Waals surface area contributed by atoms with E-state index in [1.807, 2.05) is 13.8 Å². The molecule has 40 heavy (non-hydrogen) atoms. The van der Waals surface area contributed by atoms with Crippen LogP contribution in [0.15, 0.2) is 53.1 Å². The molecule has 0 aliphatic carbocycles. The van der Waals surface area contributed by atoms with Crippen LogP contribution in [-0.4, -0.2) is 61.7 Å². The minimum atomic E-state index is -1.14. The summed E-state index contributed by atoms with van der Waals surface area (Å²) < 4.78 is 17.5. The van der Waals surface area contributed by atoms with Crippen molar-refractivity contribution in [3.05, 3.63) is 65.0 Å². The van der Waals surface area contributed by atoms with Crippen LogP contribution in [-0.2, 0) is 4.79 Å². The van der Waals surface area contributed by atoms with Crippen molar-refractivity contribution in [1.82, 2.24) is 20.1 Å². The van der Waals surface area contributed by atoms with Crippen LogP contribution in [0.3, 0.4) is 0 Å². The number of anilines is 1. The van der Waals surface area contributed by atoms with Gasteiger partial charge in [0.25, 0.3) is 11.8 Å². The fourth-order valence-electron chi connectivity index (χ4n) is 4.11. The Balaban J connectivity index is 1.40. The highest BCUT2D eigenvalue weighted by Crippen LogP contribution is 2.31. The number of hydrogen-bond acceptors (Lipinski definition) is 10. The van der Waals surface area contributed by atoms with E-state index in [9.17, 15) is 14.4 Å². The average molecular weight is 564 g/mol. The van der Waals surface area contributed by atoms with E-state index in [4.69, 9.17) is 19.0 Å². The van der Waals surface area contributed by atoms with E-state index >= 15 is 0 Å². The fraction of sp³-hybridized carbons (Fsp3) is 0.259. The lowest BCUT2D eigenvalue weighted by Crippen LogP contribution is -2.36. The number of benzene rings is 2. The topological polar surface area (TPSA) is 157 Å². The molecule has 13 heteroatoms. The van der Waals surface area contributed by atoms with Crippen molar-refractivity contribution < 1.29 is 33.4 Å². The molecular weight excluding hydrogens is 538 g/mol. The standard InChI is InChI=1S/C27H25N5O7S/c1-14(2)32-9-8-21(25(32)34)39-20-11-17(23(33)29-27-28-13-22(40-27)26(35)36)10-19(12-20)38-18-6-4-16(5-7-18)24-31-30-15(3)37-24/h4-7,10-14,21H,8-9H2,1-3H3,(H,35,36)(H,28,29,33). The van der Waals surface area contributed by atoms with Crippen LogP contribution in [0.5, 0.6) is 17.2 Å². The molecule has 0 radical (unpaired) electrons. The average Bonchev–Trinajstić information content (AvgIpc) is 3.65. The molecule has 0 spiro atoms. The maximum absolute atomic E-state index is 13.1. The molecule has 1 atom stereocenters. The molecule has 2 N–H and O–H groups in total. The maximum atomic E-state index is 13.1. The summed E-state index contributed by atoms with van der Waals surface area (Å²) in [5.41, 5.74) is 0.882. The molecule has 1 unspecified atom stereocenters. The summed E-state index contributed by atoms with van der Waals surface area (Å²) in [4.78, 5) is 42.8. The Kier molecular flexibility index (Phi) is 7.47. The lowest BCUT2D eigenvalue weighted by atomic mass is 10.1. The van der Waals surface area contributed by atoms with Gasteiger partial charge in [-0.15, -0.1) is 10.2 Å². The van der Waals surface area contributed by atoms with Gasteiger partial charge in [-0.3, -0.25) is 14.9 Å². The maximum Gasteiger partial charge on any atom is 0.347 e. The zero-order valence-electron chi connectivity index (χ0n) is 21.8. The van der Waals surface area contributed by atoms with Crippen molar-refractivity contribution >= 4 is 34.3 Å². The highest BCUT2D eigenvalue weighted by atomic mass is 32.1. The van der Waals surface area contributed by atoms with Gasteiger partial charge in [-0.05, 0) is 50.2 Å². The molecule has 1 aliphatic rings. The quantitative estimate of drug-likeness (QED) is 0.294. The molecule has 12 nitrogen and oxygen atoms in total. The molecule has 0 saturated carbocycles. The molecule has 1 fully saturated rings. The second-order valence-electron chi connectivity index (χ2n) is 9.26. The van der Waals surface area contributed by atoms with Crippen LogP contribution >= 0.6 is 11.3 Å². The summed E-state index contributed by atoms with van der Waals surface area (Å²) in [6.45, 7) is 6.16. The third kappa shape index (κ3) is 5.94. The van der Waals surface area contributed by atoms with Crippen molar-refractivity contribution in [2.45, 2.75) is 39.3 Å². The summed E-state index contributed by atoms with van der Waals surface area (Å²) in [5.74, 6) is 0.0535. The van der Waals surface area contributed by atoms with Gasteiger partial charge < -0.3 is 23.9 Å². The summed E-state index contributed by atoms with van der Waals surface area (Å²) in [5, 5.41) is 19.7. The van der Waals surface area contributed by atoms with Gasteiger partial charge in [0.1, 0.15) is 22.1 Å². The number of nitrogens with zero attached hydrogens (tertiary/aromatic N) is 4. The summed E-state index contributed by atoms with van der Waals surface area (Å²) in [6.07, 6.45) is 0.988. The number of carbonyl (C=O) groups excluding carboxylic acids is 2. The third-order valence-corrected chi connectivity index (χ3v) is 6.94. The van der Waals surface area contributed by atoms with Gasteiger partial charge in [-0.1, -0.05) is 11.3 Å². The third-order valence-electron chi connectivity index (χ3n) is 6.03. The molecule has 2 aromatic heterocycles. The van der Waals surface area contributed by atoms with E-state index < -0.39 is 18.0 Å². The number of aromatic nitrogens is 3. The van der Waals surface area contributed by atoms with Crippen LogP contribution in [0, 0.1) is 6.92 Å². The predicted molar refractivity (Wildman–Crippen MR) is 144 cm³/mol. The summed E-state index contributed by atoms with van der Waals surface area (Å²) in [7, 11) is 0. The molecule has 0 bridgehead atoms. The van der Waals surface area contributed by atoms with Crippen LogP contribution in [0.2, 0.25) is 0 Å². The Morgan fingerprint density at radius 1 is 1.12 bits per heavy atom. The molecular formula is C27H25N5O7S. The predicted octanol–water partition coefficient (Wildman–Crippen LogP) is 4.63. The number of carbonyl (C=O) groups is 3. The van der Waals surface area contributed by atoms with Crippen LogP contribution < -0.4 is 14.8 Å². The van der Waals surface area contributed by atoms with E-state index in [1.165, 1.54) is 18.3 Å². The van der Waals surface area contributed by atoms with Gasteiger partial charge in [-0.2, -0.15) is 0 Å². The van der Waals surface area contributed by atoms with Gasteiger partial charge in [-0.25, -0.2) is 9.78 Å². The first kappa shape index (κ1) is 26.8. The molecule has 4 aromatic rings. The van der Waals surface area contributed by atoms with Gasteiger partial charge in [0.15, 0.2) is 11.2 Å². The number of likely N-dealkylation sites (tertiary alicyclic amines) is 1. The Bertz CT molecular complexity index is 1560. The van der Waals surface area contributed by atoms with Crippen LogP contribution in [0.4, 0.5) is 5.13 Å². The molecule has 1 aliphatic heterocycles. The summed E-state index contributed by atoms with van der Waals surface area (Å²) >= 11 is 0.833. The second kappa shape index (κ2) is 11.1. The molecule has 5 rings (SSSR count). The number of thiazole rings is 1. The second-order valence-corrected chi connectivity index (χ2v) is 10.3. The Morgan fingerprint density at radius 3 is 2.50 bits per heavy atom. The van der Waals surface area contributed by atoms with Crippen molar-refractivity contribution in [2.75, 3.05) is 11.9 Å². The highest BCUT2D eigenvalue weighted by Gasteiger charge is 2.35. The van der Waals surface area contributed by atoms with Crippen molar-refractivity contribution in [1.29, 1.82) is 0 Å². The summed E-state index contributed by atoms with van der Waals surface area (Å²) in [6, 6.07) is 11.6. The monoisotopic (exact) mass is 563 g/mol. The number of carboxylic acid groups (broad SMARTS) is 1. The largest absolute Gasteiger partial charge is 0.480 e. The first-order chi connectivity index (χ1) is 19.2. The van der Waals surface area contributed by atoms with Crippen LogP contribution in [0.25, 0.3) is 11.5 Å².